The molecule has 0 bridgehead atoms. The van der Waals surface area contributed by atoms with Crippen molar-refractivity contribution in [1.29, 1.82) is 0 Å². The summed E-state index contributed by atoms with van der Waals surface area (Å²) in [5, 5.41) is 2.81. The molecule has 0 N–H and O–H groups in total. The second-order valence-corrected chi connectivity index (χ2v) is 12.9. The number of unbranched alkanes of at least 4 members (excludes halogenated alkanes) is 6. The highest BCUT2D eigenvalue weighted by Crippen LogP contribution is 2.36. The van der Waals surface area contributed by atoms with Crippen LogP contribution in [0.5, 0.6) is 11.5 Å². The van der Waals surface area contributed by atoms with Gasteiger partial charge in [-0.3, -0.25) is 0 Å². The molecule has 0 aliphatic heterocycles. The van der Waals surface area contributed by atoms with Gasteiger partial charge in [0.15, 0.2) is 11.5 Å². The van der Waals surface area contributed by atoms with Crippen LogP contribution in [0.1, 0.15) is 76.3 Å². The molecule has 202 valence electrons. The molecule has 1 aromatic heterocycles. The minimum Gasteiger partial charge on any atom is -0.374 e. The van der Waals surface area contributed by atoms with Crippen LogP contribution in [0.4, 0.5) is 0 Å². The first kappa shape index (κ1) is 29.2. The lowest BCUT2D eigenvalue weighted by Gasteiger charge is -2.10. The zero-order valence-corrected chi connectivity index (χ0v) is 24.0. The molecule has 9 heteroatoms. The molecule has 0 amide bonds. The normalized spacial score (nSPS) is 11.9. The lowest BCUT2D eigenvalue weighted by molar-refractivity contribution is 0.451. The molecule has 1 heterocycles. The maximum absolute atomic E-state index is 12.9. The molecule has 0 aliphatic carbocycles. The summed E-state index contributed by atoms with van der Waals surface area (Å²) >= 11 is 1.09. The Morgan fingerprint density at radius 3 is 1.43 bits per heavy atom. The van der Waals surface area contributed by atoms with Crippen molar-refractivity contribution in [2.24, 2.45) is 0 Å². The Labute approximate surface area is 225 Å². The summed E-state index contributed by atoms with van der Waals surface area (Å²) in [5.74, 6) is -0.326. The molecule has 0 atom stereocenters. The molecule has 3 rings (SSSR count). The highest BCUT2D eigenvalue weighted by atomic mass is 32.2. The van der Waals surface area contributed by atoms with Gasteiger partial charge >= 0.3 is 20.2 Å². The van der Waals surface area contributed by atoms with Gasteiger partial charge < -0.3 is 8.37 Å². The third kappa shape index (κ3) is 8.86. The number of aryl methyl sites for hydroxylation is 2. The fourth-order valence-electron chi connectivity index (χ4n) is 3.86. The molecule has 0 radical (unpaired) electrons. The van der Waals surface area contributed by atoms with E-state index in [1.54, 1.807) is 24.3 Å². The van der Waals surface area contributed by atoms with Crippen LogP contribution in [0.3, 0.4) is 0 Å². The molecular weight excluding hydrogens is 529 g/mol. The largest absolute Gasteiger partial charge is 0.374 e. The van der Waals surface area contributed by atoms with Gasteiger partial charge in [0.2, 0.25) is 0 Å². The molecular formula is C28H36O6S3. The van der Waals surface area contributed by atoms with Gasteiger partial charge in [0, 0.05) is 10.8 Å². The molecule has 0 saturated heterocycles. The highest BCUT2D eigenvalue weighted by Gasteiger charge is 2.24. The van der Waals surface area contributed by atoms with E-state index in [-0.39, 0.29) is 21.3 Å². The summed E-state index contributed by atoms with van der Waals surface area (Å²) in [6.45, 7) is 4.29. The van der Waals surface area contributed by atoms with Gasteiger partial charge in [-0.25, -0.2) is 0 Å². The SMILES string of the molecule is CCCCCCCCc1ccc(S(=O)(=O)Oc2cscc2OS(=O)(=O)c2ccc(CCCC)cc2)cc1. The van der Waals surface area contributed by atoms with Crippen molar-refractivity contribution < 1.29 is 25.2 Å². The monoisotopic (exact) mass is 564 g/mol. The summed E-state index contributed by atoms with van der Waals surface area (Å²) < 4.78 is 61.8. The number of hydrogen-bond donors (Lipinski definition) is 0. The fourth-order valence-corrected chi connectivity index (χ4v) is 6.49. The van der Waals surface area contributed by atoms with E-state index >= 15 is 0 Å². The summed E-state index contributed by atoms with van der Waals surface area (Å²) in [4.78, 5) is -0.00409. The van der Waals surface area contributed by atoms with E-state index in [9.17, 15) is 16.8 Å². The van der Waals surface area contributed by atoms with Gasteiger partial charge in [0.25, 0.3) is 0 Å². The molecule has 3 aromatic rings. The molecule has 0 aliphatic rings. The van der Waals surface area contributed by atoms with Crippen molar-refractivity contribution in [2.75, 3.05) is 0 Å². The molecule has 0 fully saturated rings. The van der Waals surface area contributed by atoms with Crippen molar-refractivity contribution in [3.8, 4) is 11.5 Å². The van der Waals surface area contributed by atoms with E-state index in [0.717, 1.165) is 61.0 Å². The molecule has 0 saturated carbocycles. The van der Waals surface area contributed by atoms with Crippen LogP contribution < -0.4 is 8.37 Å². The van der Waals surface area contributed by atoms with Crippen LogP contribution in [-0.4, -0.2) is 16.8 Å². The lowest BCUT2D eigenvalue weighted by Crippen LogP contribution is -2.13. The Kier molecular flexibility index (Phi) is 11.0. The average molecular weight is 565 g/mol. The summed E-state index contributed by atoms with van der Waals surface area (Å²) in [6, 6.07) is 13.1. The number of benzene rings is 2. The first-order valence-corrected chi connectivity index (χ1v) is 16.6. The van der Waals surface area contributed by atoms with Gasteiger partial charge in [0.05, 0.1) is 0 Å². The van der Waals surface area contributed by atoms with Crippen molar-refractivity contribution in [2.45, 2.75) is 87.8 Å². The van der Waals surface area contributed by atoms with Gasteiger partial charge in [-0.1, -0.05) is 76.6 Å². The zero-order valence-electron chi connectivity index (χ0n) is 21.5. The maximum atomic E-state index is 12.9. The number of thiophene rings is 1. The van der Waals surface area contributed by atoms with Crippen LogP contribution in [0.15, 0.2) is 69.1 Å². The third-order valence-corrected chi connectivity index (χ3v) is 9.25. The van der Waals surface area contributed by atoms with Crippen LogP contribution in [0.2, 0.25) is 0 Å². The minimum absolute atomic E-state index is 0.00173. The van der Waals surface area contributed by atoms with E-state index in [2.05, 4.69) is 13.8 Å². The van der Waals surface area contributed by atoms with Gasteiger partial charge in [-0.2, -0.15) is 16.8 Å². The maximum Gasteiger partial charge on any atom is 0.339 e. The van der Waals surface area contributed by atoms with E-state index in [1.807, 2.05) is 0 Å². The minimum atomic E-state index is -4.16. The van der Waals surface area contributed by atoms with Crippen molar-refractivity contribution in [1.82, 2.24) is 0 Å². The molecule has 6 nitrogen and oxygen atoms in total. The van der Waals surface area contributed by atoms with E-state index in [1.165, 1.54) is 60.7 Å². The third-order valence-electron chi connectivity index (χ3n) is 6.05. The molecule has 0 unspecified atom stereocenters. The highest BCUT2D eigenvalue weighted by molar-refractivity contribution is 7.87. The first-order valence-electron chi connectivity index (χ1n) is 12.9. The fraction of sp³-hybridized carbons (Fsp3) is 0.429. The second-order valence-electron chi connectivity index (χ2n) is 9.08. The van der Waals surface area contributed by atoms with Crippen molar-refractivity contribution in [3.05, 3.63) is 70.4 Å². The average Bonchev–Trinajstić information content (AvgIpc) is 3.30. The standard InChI is InChI=1S/C28H36O6S3/c1-3-5-7-8-9-10-12-24-15-19-26(20-16-24)37(31,32)34-28-22-35-21-27(28)33-36(29,30)25-17-13-23(14-18-25)11-6-4-2/h13-22H,3-12H2,1-2H3. The molecule has 2 aromatic carbocycles. The molecule has 0 spiro atoms. The number of hydrogen-bond acceptors (Lipinski definition) is 7. The second kappa shape index (κ2) is 14.0. The Balaban J connectivity index is 1.62. The Bertz CT molecular complexity index is 1310. The predicted octanol–water partition coefficient (Wildman–Crippen LogP) is 7.53. The van der Waals surface area contributed by atoms with Gasteiger partial charge in [-0.05, 0) is 61.1 Å². The quantitative estimate of drug-likeness (QED) is 0.132. The van der Waals surface area contributed by atoms with Crippen LogP contribution in [-0.2, 0) is 33.1 Å². The smallest absolute Gasteiger partial charge is 0.339 e. The van der Waals surface area contributed by atoms with Gasteiger partial charge in [0.1, 0.15) is 9.79 Å². The Hall–Kier alpha value is -2.36. The van der Waals surface area contributed by atoms with Crippen LogP contribution in [0, 0.1) is 0 Å². The topological polar surface area (TPSA) is 86.7 Å². The summed E-state index contributed by atoms with van der Waals surface area (Å²) in [7, 11) is -8.31. The van der Waals surface area contributed by atoms with Crippen LogP contribution in [0.25, 0.3) is 0 Å². The summed E-state index contributed by atoms with van der Waals surface area (Å²) in [5.41, 5.74) is 2.12. The summed E-state index contributed by atoms with van der Waals surface area (Å²) in [6.07, 6.45) is 11.0. The Morgan fingerprint density at radius 2 is 0.973 bits per heavy atom. The Morgan fingerprint density at radius 1 is 0.568 bits per heavy atom. The zero-order chi connectivity index (χ0) is 26.7. The van der Waals surface area contributed by atoms with Crippen molar-refractivity contribution >= 4 is 31.6 Å². The molecule has 37 heavy (non-hydrogen) atoms. The van der Waals surface area contributed by atoms with E-state index in [4.69, 9.17) is 8.37 Å². The first-order chi connectivity index (χ1) is 17.7. The van der Waals surface area contributed by atoms with E-state index < -0.39 is 20.2 Å². The lowest BCUT2D eigenvalue weighted by atomic mass is 10.1. The van der Waals surface area contributed by atoms with Gasteiger partial charge in [-0.15, -0.1) is 11.3 Å². The number of rotatable bonds is 16. The van der Waals surface area contributed by atoms with E-state index in [0.29, 0.717) is 0 Å². The van der Waals surface area contributed by atoms with Crippen LogP contribution >= 0.6 is 11.3 Å². The van der Waals surface area contributed by atoms with Crippen molar-refractivity contribution in [3.63, 3.8) is 0 Å². The predicted molar refractivity (Wildman–Crippen MR) is 149 cm³/mol.